The normalized spacial score (nSPS) is 22.7. The average molecular weight is 435 g/mol. The summed E-state index contributed by atoms with van der Waals surface area (Å²) in [5, 5.41) is 15.1. The van der Waals surface area contributed by atoms with Crippen LogP contribution in [0.15, 0.2) is 51.2 Å². The number of fused-ring (bicyclic) bond motifs is 1. The minimum Gasteiger partial charge on any atom is -0.511 e. The molecule has 0 radical (unpaired) electrons. The molecule has 1 heterocycles. The zero-order chi connectivity index (χ0) is 23.1. The lowest BCUT2D eigenvalue weighted by Crippen LogP contribution is -2.32. The summed E-state index contributed by atoms with van der Waals surface area (Å²) < 4.78 is 5.46. The first-order valence-electron chi connectivity index (χ1n) is 11.1. The lowest BCUT2D eigenvalue weighted by molar-refractivity contribution is -0.117. The monoisotopic (exact) mass is 434 g/mol. The van der Waals surface area contributed by atoms with E-state index in [-0.39, 0.29) is 34.6 Å². The minimum absolute atomic E-state index is 0.000481. The number of allylic oxidation sites excluding steroid dienone is 2. The summed E-state index contributed by atoms with van der Waals surface area (Å²) in [6, 6.07) is 9.45. The molecule has 0 atom stereocenters. The van der Waals surface area contributed by atoms with E-state index >= 15 is 0 Å². The van der Waals surface area contributed by atoms with Crippen molar-refractivity contribution >= 4 is 23.0 Å². The number of ketones is 2. The summed E-state index contributed by atoms with van der Waals surface area (Å²) in [5.74, 6) is 0.547. The molecule has 1 fully saturated rings. The number of aliphatic hydroxyl groups excluding tert-OH is 1. The maximum absolute atomic E-state index is 13.0. The summed E-state index contributed by atoms with van der Waals surface area (Å²) in [7, 11) is 0. The Morgan fingerprint density at radius 1 is 1.00 bits per heavy atom. The van der Waals surface area contributed by atoms with Gasteiger partial charge in [0.2, 0.25) is 0 Å². The lowest BCUT2D eigenvalue weighted by Gasteiger charge is -2.31. The van der Waals surface area contributed by atoms with E-state index in [1.54, 1.807) is 0 Å². The molecule has 6 heteroatoms. The molecular formula is C26H30N2O4. The van der Waals surface area contributed by atoms with Gasteiger partial charge in [0, 0.05) is 32.1 Å². The van der Waals surface area contributed by atoms with Gasteiger partial charge >= 0.3 is 0 Å². The molecule has 0 unspecified atom stereocenters. The number of carbonyl (C=O) groups is 2. The van der Waals surface area contributed by atoms with Crippen LogP contribution in [-0.4, -0.2) is 27.5 Å². The molecule has 168 valence electrons. The van der Waals surface area contributed by atoms with Crippen LogP contribution in [-0.2, 0) is 17.6 Å². The third-order valence-electron chi connectivity index (χ3n) is 6.15. The average Bonchev–Trinajstić information content (AvgIpc) is 3.07. The van der Waals surface area contributed by atoms with Gasteiger partial charge in [-0.2, -0.15) is 0 Å². The van der Waals surface area contributed by atoms with Crippen molar-refractivity contribution in [3.63, 3.8) is 0 Å². The molecule has 0 saturated heterocycles. The van der Waals surface area contributed by atoms with Crippen LogP contribution in [0.1, 0.15) is 75.2 Å². The fourth-order valence-electron chi connectivity index (χ4n) is 4.72. The van der Waals surface area contributed by atoms with Crippen LogP contribution in [0.3, 0.4) is 0 Å². The molecule has 4 rings (SSSR count). The number of carbonyl (C=O) groups excluding carboxylic acids is 2. The number of hydrogen-bond donors (Lipinski definition) is 1. The number of benzene rings is 1. The SMILES string of the molecule is CC1(C)CC(=O)/C(=C(/O)CCc2noc3c2C(=O)CC(C)(C)C3)C(=Nc2ccccc2)C1. The number of aryl methyl sites for hydroxylation is 1. The van der Waals surface area contributed by atoms with Crippen molar-refractivity contribution in [3.8, 4) is 0 Å². The molecule has 2 aromatic rings. The second kappa shape index (κ2) is 8.15. The predicted molar refractivity (Wildman–Crippen MR) is 122 cm³/mol. The topological polar surface area (TPSA) is 92.8 Å². The van der Waals surface area contributed by atoms with Gasteiger partial charge in [0.15, 0.2) is 11.6 Å². The standard InChI is InChI=1S/C26H30N2O4/c1-25(2)12-18(27-16-8-6-5-7-9-16)23(20(30)13-25)19(29)11-10-17-24-21(31)14-26(3,4)15-22(24)32-28-17/h5-9,29H,10-15H2,1-4H3/b23-19+,27-18?. The quantitative estimate of drug-likeness (QED) is 0.489. The van der Waals surface area contributed by atoms with Crippen LogP contribution in [0, 0.1) is 10.8 Å². The molecule has 2 aliphatic rings. The van der Waals surface area contributed by atoms with Crippen molar-refractivity contribution in [2.75, 3.05) is 0 Å². The smallest absolute Gasteiger partial charge is 0.168 e. The molecule has 1 aromatic heterocycles. The molecule has 1 saturated carbocycles. The Balaban J connectivity index is 1.62. The maximum atomic E-state index is 13.0. The van der Waals surface area contributed by atoms with Crippen molar-refractivity contribution in [1.29, 1.82) is 0 Å². The number of hydrogen-bond acceptors (Lipinski definition) is 6. The highest BCUT2D eigenvalue weighted by Crippen LogP contribution is 2.38. The van der Waals surface area contributed by atoms with E-state index in [0.717, 1.165) is 5.69 Å². The van der Waals surface area contributed by atoms with Gasteiger partial charge in [0.25, 0.3) is 0 Å². The van der Waals surface area contributed by atoms with E-state index in [4.69, 9.17) is 9.52 Å². The van der Waals surface area contributed by atoms with Gasteiger partial charge in [-0.3, -0.25) is 14.6 Å². The van der Waals surface area contributed by atoms with Gasteiger partial charge in [-0.05, 0) is 29.4 Å². The first-order valence-corrected chi connectivity index (χ1v) is 11.1. The molecular weight excluding hydrogens is 404 g/mol. The fourth-order valence-corrected chi connectivity index (χ4v) is 4.72. The van der Waals surface area contributed by atoms with Crippen molar-refractivity contribution < 1.29 is 19.2 Å². The van der Waals surface area contributed by atoms with Gasteiger partial charge < -0.3 is 9.63 Å². The minimum atomic E-state index is -0.223. The third kappa shape index (κ3) is 4.59. The summed E-state index contributed by atoms with van der Waals surface area (Å²) in [6.45, 7) is 8.15. The Bertz CT molecular complexity index is 1120. The molecule has 0 amide bonds. The van der Waals surface area contributed by atoms with Gasteiger partial charge in [-0.15, -0.1) is 0 Å². The van der Waals surface area contributed by atoms with Crippen LogP contribution in [0.4, 0.5) is 5.69 Å². The Hall–Kier alpha value is -3.02. The zero-order valence-electron chi connectivity index (χ0n) is 19.2. The van der Waals surface area contributed by atoms with Gasteiger partial charge in [0.05, 0.1) is 28.2 Å². The molecule has 0 spiro atoms. The van der Waals surface area contributed by atoms with E-state index in [1.165, 1.54) is 0 Å². The van der Waals surface area contributed by atoms with E-state index in [1.807, 2.05) is 58.0 Å². The second-order valence-corrected chi connectivity index (χ2v) is 10.5. The van der Waals surface area contributed by atoms with E-state index < -0.39 is 0 Å². The van der Waals surface area contributed by atoms with Crippen LogP contribution >= 0.6 is 0 Å². The number of rotatable bonds is 4. The number of Topliss-reactive ketones (excluding diaryl/α,β-unsaturated/α-hetero) is 2. The summed E-state index contributed by atoms with van der Waals surface area (Å²) in [6.07, 6.45) is 2.59. The molecule has 32 heavy (non-hydrogen) atoms. The van der Waals surface area contributed by atoms with Crippen LogP contribution in [0.25, 0.3) is 0 Å². The number of para-hydroxylation sites is 1. The Labute approximate surface area is 188 Å². The van der Waals surface area contributed by atoms with Gasteiger partial charge in [0.1, 0.15) is 11.5 Å². The zero-order valence-corrected chi connectivity index (χ0v) is 19.2. The van der Waals surface area contributed by atoms with E-state index in [0.29, 0.717) is 60.4 Å². The first kappa shape index (κ1) is 22.2. The van der Waals surface area contributed by atoms with Gasteiger partial charge in [-0.1, -0.05) is 51.1 Å². The molecule has 1 aromatic carbocycles. The molecule has 0 bridgehead atoms. The maximum Gasteiger partial charge on any atom is 0.168 e. The van der Waals surface area contributed by atoms with Crippen molar-refractivity contribution in [3.05, 3.63) is 58.7 Å². The number of aromatic nitrogens is 1. The van der Waals surface area contributed by atoms with Crippen LogP contribution in [0.2, 0.25) is 0 Å². The Morgan fingerprint density at radius 2 is 1.66 bits per heavy atom. The first-order chi connectivity index (χ1) is 15.0. The number of nitrogens with zero attached hydrogens (tertiary/aromatic N) is 2. The third-order valence-corrected chi connectivity index (χ3v) is 6.15. The van der Waals surface area contributed by atoms with Crippen molar-refractivity contribution in [2.45, 2.75) is 66.2 Å². The number of aliphatic imine (C=N–C) groups is 1. The highest BCUT2D eigenvalue weighted by atomic mass is 16.5. The van der Waals surface area contributed by atoms with Crippen molar-refractivity contribution in [2.24, 2.45) is 15.8 Å². The second-order valence-electron chi connectivity index (χ2n) is 10.5. The lowest BCUT2D eigenvalue weighted by atomic mass is 9.73. The van der Waals surface area contributed by atoms with E-state index in [2.05, 4.69) is 5.16 Å². The predicted octanol–water partition coefficient (Wildman–Crippen LogP) is 5.74. The Kier molecular flexibility index (Phi) is 5.65. The molecule has 0 aliphatic heterocycles. The molecule has 6 nitrogen and oxygen atoms in total. The van der Waals surface area contributed by atoms with Crippen LogP contribution < -0.4 is 0 Å². The van der Waals surface area contributed by atoms with Crippen LogP contribution in [0.5, 0.6) is 0 Å². The number of aliphatic hydroxyl groups is 1. The fraction of sp³-hybridized carbons (Fsp3) is 0.462. The highest BCUT2D eigenvalue weighted by Gasteiger charge is 2.38. The Morgan fingerprint density at radius 3 is 2.38 bits per heavy atom. The largest absolute Gasteiger partial charge is 0.511 e. The highest BCUT2D eigenvalue weighted by molar-refractivity contribution is 6.25. The van der Waals surface area contributed by atoms with Crippen molar-refractivity contribution in [1.82, 2.24) is 5.16 Å². The van der Waals surface area contributed by atoms with E-state index in [9.17, 15) is 14.7 Å². The molecule has 1 N–H and O–H groups in total. The summed E-state index contributed by atoms with van der Waals surface area (Å²) >= 11 is 0. The van der Waals surface area contributed by atoms with Gasteiger partial charge in [-0.25, -0.2) is 0 Å². The molecule has 2 aliphatic carbocycles. The summed E-state index contributed by atoms with van der Waals surface area (Å²) in [4.78, 5) is 30.3. The summed E-state index contributed by atoms with van der Waals surface area (Å²) in [5.41, 5.74) is 2.40.